The van der Waals surface area contributed by atoms with E-state index in [1.165, 1.54) is 6.20 Å². The molecule has 0 N–H and O–H groups in total. The van der Waals surface area contributed by atoms with Gasteiger partial charge < -0.3 is 9.64 Å². The largest absolute Gasteiger partial charge is 0.466 e. The Morgan fingerprint density at radius 1 is 1.35 bits per heavy atom. The number of ketones is 1. The van der Waals surface area contributed by atoms with Crippen molar-refractivity contribution in [2.75, 3.05) is 19.7 Å². The third-order valence-electron chi connectivity index (χ3n) is 3.94. The molecule has 124 valence electrons. The molecule has 2 rings (SSSR count). The highest BCUT2D eigenvalue weighted by atomic mass is 16.5. The van der Waals surface area contributed by atoms with E-state index in [9.17, 15) is 14.4 Å². The minimum Gasteiger partial charge on any atom is -0.466 e. The van der Waals surface area contributed by atoms with E-state index >= 15 is 0 Å². The topological polar surface area (TPSA) is 76.6 Å². The first-order valence-electron chi connectivity index (χ1n) is 7.99. The van der Waals surface area contributed by atoms with Gasteiger partial charge in [-0.15, -0.1) is 0 Å². The number of hydrogen-bond donors (Lipinski definition) is 0. The highest BCUT2D eigenvalue weighted by Gasteiger charge is 2.29. The number of aromatic nitrogens is 1. The number of carbonyl (C=O) groups excluding carboxylic acids is 3. The van der Waals surface area contributed by atoms with Crippen molar-refractivity contribution in [2.45, 2.75) is 32.6 Å². The molecule has 1 amide bonds. The number of Topliss-reactive ketones (excluding diaryl/α,β-unsaturated/α-hetero) is 1. The van der Waals surface area contributed by atoms with Crippen LogP contribution in [0, 0.1) is 5.92 Å². The zero-order valence-electron chi connectivity index (χ0n) is 13.4. The first-order valence-corrected chi connectivity index (χ1v) is 7.99. The minimum absolute atomic E-state index is 0.0868. The highest BCUT2D eigenvalue weighted by Crippen LogP contribution is 2.19. The van der Waals surface area contributed by atoms with Gasteiger partial charge in [0.15, 0.2) is 5.78 Å². The number of ether oxygens (including phenoxy) is 1. The molecule has 0 saturated carbocycles. The van der Waals surface area contributed by atoms with Crippen molar-refractivity contribution in [1.82, 2.24) is 9.88 Å². The molecule has 1 saturated heterocycles. The van der Waals surface area contributed by atoms with Gasteiger partial charge in [-0.2, -0.15) is 0 Å². The van der Waals surface area contributed by atoms with Crippen LogP contribution in [0.25, 0.3) is 0 Å². The summed E-state index contributed by atoms with van der Waals surface area (Å²) in [7, 11) is 0. The van der Waals surface area contributed by atoms with Crippen LogP contribution in [0.2, 0.25) is 0 Å². The van der Waals surface area contributed by atoms with Gasteiger partial charge in [-0.25, -0.2) is 0 Å². The van der Waals surface area contributed by atoms with Crippen molar-refractivity contribution in [3.8, 4) is 0 Å². The quantitative estimate of drug-likeness (QED) is 0.591. The van der Waals surface area contributed by atoms with E-state index in [1.807, 2.05) is 0 Å². The fourth-order valence-corrected chi connectivity index (χ4v) is 2.71. The maximum Gasteiger partial charge on any atom is 0.310 e. The minimum atomic E-state index is -0.248. The van der Waals surface area contributed by atoms with E-state index in [0.717, 1.165) is 12.8 Å². The van der Waals surface area contributed by atoms with Gasteiger partial charge in [0.1, 0.15) is 0 Å². The lowest BCUT2D eigenvalue weighted by atomic mass is 9.97. The third-order valence-corrected chi connectivity index (χ3v) is 3.94. The zero-order chi connectivity index (χ0) is 16.7. The first-order chi connectivity index (χ1) is 11.1. The average molecular weight is 318 g/mol. The molecule has 0 radical (unpaired) electrons. The number of nitrogens with zero attached hydrogens (tertiary/aromatic N) is 2. The molecule has 0 spiro atoms. The summed E-state index contributed by atoms with van der Waals surface area (Å²) in [4.78, 5) is 41.6. The lowest BCUT2D eigenvalue weighted by Gasteiger charge is -2.31. The summed E-state index contributed by atoms with van der Waals surface area (Å²) in [5, 5.41) is 0. The van der Waals surface area contributed by atoms with Crippen LogP contribution in [0.5, 0.6) is 0 Å². The molecule has 0 bridgehead atoms. The maximum absolute atomic E-state index is 12.3. The SMILES string of the molecule is CCOC(=O)C1CCCN(C(=O)CCC(=O)c2cccnc2)C1. The number of piperidine rings is 1. The van der Waals surface area contributed by atoms with E-state index in [0.29, 0.717) is 25.3 Å². The summed E-state index contributed by atoms with van der Waals surface area (Å²) in [6.45, 7) is 3.14. The second-order valence-corrected chi connectivity index (χ2v) is 5.60. The fourth-order valence-electron chi connectivity index (χ4n) is 2.71. The van der Waals surface area contributed by atoms with E-state index in [2.05, 4.69) is 4.98 Å². The van der Waals surface area contributed by atoms with Crippen molar-refractivity contribution < 1.29 is 19.1 Å². The smallest absolute Gasteiger partial charge is 0.310 e. The number of likely N-dealkylation sites (tertiary alicyclic amines) is 1. The molecule has 1 aromatic rings. The molecular weight excluding hydrogens is 296 g/mol. The zero-order valence-corrected chi connectivity index (χ0v) is 13.4. The van der Waals surface area contributed by atoms with Crippen LogP contribution in [0.3, 0.4) is 0 Å². The van der Waals surface area contributed by atoms with Crippen LogP contribution in [-0.2, 0) is 14.3 Å². The van der Waals surface area contributed by atoms with E-state index in [4.69, 9.17) is 4.74 Å². The maximum atomic E-state index is 12.3. The molecule has 1 fully saturated rings. The Balaban J connectivity index is 1.83. The summed E-state index contributed by atoms with van der Waals surface area (Å²) < 4.78 is 5.03. The number of amides is 1. The molecule has 1 unspecified atom stereocenters. The van der Waals surface area contributed by atoms with Crippen LogP contribution < -0.4 is 0 Å². The van der Waals surface area contributed by atoms with Crippen LogP contribution in [-0.4, -0.2) is 47.2 Å². The molecule has 1 aliphatic heterocycles. The molecule has 2 heterocycles. The van der Waals surface area contributed by atoms with E-state index in [-0.39, 0.29) is 36.4 Å². The predicted octanol–water partition coefficient (Wildman–Crippen LogP) is 1.85. The standard InChI is InChI=1S/C17H22N2O4/c1-2-23-17(22)14-6-4-10-19(12-14)16(21)8-7-15(20)13-5-3-9-18-11-13/h3,5,9,11,14H,2,4,6-8,10,12H2,1H3. The van der Waals surface area contributed by atoms with Gasteiger partial charge in [-0.1, -0.05) is 0 Å². The number of esters is 1. The van der Waals surface area contributed by atoms with E-state index in [1.54, 1.807) is 30.2 Å². The Morgan fingerprint density at radius 2 is 2.17 bits per heavy atom. The van der Waals surface area contributed by atoms with Gasteiger partial charge in [0.25, 0.3) is 0 Å². The van der Waals surface area contributed by atoms with Gasteiger partial charge in [-0.05, 0) is 31.9 Å². The van der Waals surface area contributed by atoms with Gasteiger partial charge in [0.05, 0.1) is 12.5 Å². The van der Waals surface area contributed by atoms with Crippen molar-refractivity contribution in [3.05, 3.63) is 30.1 Å². The Hall–Kier alpha value is -2.24. The number of hydrogen-bond acceptors (Lipinski definition) is 5. The Bertz CT molecular complexity index is 559. The predicted molar refractivity (Wildman–Crippen MR) is 83.7 cm³/mol. The Labute approximate surface area is 135 Å². The molecule has 0 aromatic carbocycles. The van der Waals surface area contributed by atoms with Gasteiger partial charge in [-0.3, -0.25) is 19.4 Å². The molecule has 0 aliphatic carbocycles. The third kappa shape index (κ3) is 4.87. The van der Waals surface area contributed by atoms with Crippen molar-refractivity contribution in [3.63, 3.8) is 0 Å². The normalized spacial score (nSPS) is 17.6. The summed E-state index contributed by atoms with van der Waals surface area (Å²) in [5.74, 6) is -0.667. The Morgan fingerprint density at radius 3 is 2.87 bits per heavy atom. The number of rotatable bonds is 6. The van der Waals surface area contributed by atoms with Gasteiger partial charge in [0.2, 0.25) is 5.91 Å². The van der Waals surface area contributed by atoms with Crippen LogP contribution in [0.15, 0.2) is 24.5 Å². The van der Waals surface area contributed by atoms with Crippen LogP contribution in [0.1, 0.15) is 43.0 Å². The highest BCUT2D eigenvalue weighted by molar-refractivity contribution is 5.97. The van der Waals surface area contributed by atoms with Crippen molar-refractivity contribution >= 4 is 17.7 Å². The van der Waals surface area contributed by atoms with Gasteiger partial charge in [0, 0.05) is 43.9 Å². The lowest BCUT2D eigenvalue weighted by molar-refractivity contribution is -0.151. The van der Waals surface area contributed by atoms with Crippen LogP contribution >= 0.6 is 0 Å². The molecule has 1 atom stereocenters. The first kappa shape index (κ1) is 17.1. The summed E-state index contributed by atoms with van der Waals surface area (Å²) in [6, 6.07) is 3.39. The average Bonchev–Trinajstić information content (AvgIpc) is 2.60. The van der Waals surface area contributed by atoms with Crippen molar-refractivity contribution in [1.29, 1.82) is 0 Å². The number of carbonyl (C=O) groups is 3. The number of pyridine rings is 1. The summed E-state index contributed by atoms with van der Waals surface area (Å²) >= 11 is 0. The summed E-state index contributed by atoms with van der Waals surface area (Å²) in [6.07, 6.45) is 4.95. The second kappa shape index (κ2) is 8.41. The second-order valence-electron chi connectivity index (χ2n) is 5.60. The summed E-state index contributed by atoms with van der Waals surface area (Å²) in [5.41, 5.74) is 0.517. The molecule has 6 heteroatoms. The Kier molecular flexibility index (Phi) is 6.26. The monoisotopic (exact) mass is 318 g/mol. The van der Waals surface area contributed by atoms with E-state index < -0.39 is 0 Å². The van der Waals surface area contributed by atoms with Gasteiger partial charge >= 0.3 is 5.97 Å². The molecule has 1 aromatic heterocycles. The molecule has 6 nitrogen and oxygen atoms in total. The van der Waals surface area contributed by atoms with Crippen LogP contribution in [0.4, 0.5) is 0 Å². The lowest BCUT2D eigenvalue weighted by Crippen LogP contribution is -2.42. The molecule has 1 aliphatic rings. The molecule has 23 heavy (non-hydrogen) atoms. The fraction of sp³-hybridized carbons (Fsp3) is 0.529. The molecular formula is C17H22N2O4. The van der Waals surface area contributed by atoms with Crippen molar-refractivity contribution in [2.24, 2.45) is 5.92 Å².